The van der Waals surface area contributed by atoms with Crippen molar-refractivity contribution in [3.8, 4) is 11.1 Å². The van der Waals surface area contributed by atoms with Gasteiger partial charge in [-0.2, -0.15) is 0 Å². The van der Waals surface area contributed by atoms with E-state index in [4.69, 9.17) is 0 Å². The van der Waals surface area contributed by atoms with Gasteiger partial charge >= 0.3 is 0 Å². The first-order valence-electron chi connectivity index (χ1n) is 6.28. The summed E-state index contributed by atoms with van der Waals surface area (Å²) in [5.74, 6) is 0. The Morgan fingerprint density at radius 3 is 2.22 bits per heavy atom. The Morgan fingerprint density at radius 1 is 0.944 bits per heavy atom. The van der Waals surface area contributed by atoms with Crippen molar-refractivity contribution in [3.63, 3.8) is 0 Å². The zero-order valence-electron chi connectivity index (χ0n) is 10.9. The SMILES string of the molecule is C[B]c1ccc2c(c1)C(C)(C)c1cc(I)ccc1-2. The van der Waals surface area contributed by atoms with E-state index in [9.17, 15) is 0 Å². The second-order valence-electron chi connectivity index (χ2n) is 5.41. The molecule has 1 aliphatic carbocycles. The summed E-state index contributed by atoms with van der Waals surface area (Å²) < 4.78 is 1.31. The molecule has 89 valence electrons. The fourth-order valence-corrected chi connectivity index (χ4v) is 3.40. The van der Waals surface area contributed by atoms with E-state index in [0.717, 1.165) is 0 Å². The molecule has 3 rings (SSSR count). The van der Waals surface area contributed by atoms with E-state index in [1.807, 2.05) is 0 Å². The molecule has 0 bridgehead atoms. The van der Waals surface area contributed by atoms with Crippen molar-refractivity contribution in [2.24, 2.45) is 0 Å². The Morgan fingerprint density at radius 2 is 1.56 bits per heavy atom. The van der Waals surface area contributed by atoms with E-state index in [2.05, 4.69) is 86.9 Å². The van der Waals surface area contributed by atoms with Crippen LogP contribution in [0.1, 0.15) is 25.0 Å². The average Bonchev–Trinajstić information content (AvgIpc) is 2.58. The molecule has 2 heteroatoms. The Kier molecular flexibility index (Phi) is 2.81. The van der Waals surface area contributed by atoms with E-state index in [0.29, 0.717) is 0 Å². The van der Waals surface area contributed by atoms with Crippen LogP contribution in [0.15, 0.2) is 36.4 Å². The maximum atomic E-state index is 2.40. The number of hydrogen-bond acceptors (Lipinski definition) is 0. The molecule has 1 radical (unpaired) electrons. The van der Waals surface area contributed by atoms with Crippen molar-refractivity contribution in [1.29, 1.82) is 0 Å². The standard InChI is InChI=1S/C16H15BI/c1-16(2)14-8-10(17-3)4-6-12(14)13-7-5-11(18)9-15(13)16/h4-9H,1-3H3. The fraction of sp³-hybridized carbons (Fsp3) is 0.250. The van der Waals surface area contributed by atoms with Crippen LogP contribution in [0.4, 0.5) is 0 Å². The molecule has 0 spiro atoms. The quantitative estimate of drug-likeness (QED) is 0.542. The molecule has 0 unspecified atom stereocenters. The Labute approximate surface area is 123 Å². The number of fused-ring (bicyclic) bond motifs is 3. The second kappa shape index (κ2) is 4.12. The zero-order valence-corrected chi connectivity index (χ0v) is 13.1. The summed E-state index contributed by atoms with van der Waals surface area (Å²) in [6, 6.07) is 13.6. The molecule has 0 aliphatic heterocycles. The highest BCUT2D eigenvalue weighted by atomic mass is 127. The van der Waals surface area contributed by atoms with Gasteiger partial charge in [-0.05, 0) is 57.0 Å². The van der Waals surface area contributed by atoms with Gasteiger partial charge in [0.2, 0.25) is 0 Å². The molecule has 0 aromatic heterocycles. The van der Waals surface area contributed by atoms with Crippen molar-refractivity contribution in [2.75, 3.05) is 0 Å². The molecule has 1 aliphatic rings. The average molecular weight is 345 g/mol. The molecular formula is C16H15BI. The summed E-state index contributed by atoms with van der Waals surface area (Å²) in [5, 5.41) is 0. The van der Waals surface area contributed by atoms with Crippen LogP contribution in [0.5, 0.6) is 0 Å². The highest BCUT2D eigenvalue weighted by Crippen LogP contribution is 2.48. The van der Waals surface area contributed by atoms with Crippen molar-refractivity contribution < 1.29 is 0 Å². The first kappa shape index (κ1) is 12.3. The molecule has 0 N–H and O–H groups in total. The van der Waals surface area contributed by atoms with Crippen molar-refractivity contribution in [1.82, 2.24) is 0 Å². The second-order valence-corrected chi connectivity index (χ2v) is 6.65. The molecule has 18 heavy (non-hydrogen) atoms. The van der Waals surface area contributed by atoms with Crippen LogP contribution in [-0.2, 0) is 5.41 Å². The topological polar surface area (TPSA) is 0 Å². The van der Waals surface area contributed by atoms with Gasteiger partial charge in [0.25, 0.3) is 0 Å². The minimum atomic E-state index is 0.116. The molecule has 2 aromatic carbocycles. The predicted molar refractivity (Wildman–Crippen MR) is 88.0 cm³/mol. The van der Waals surface area contributed by atoms with Crippen LogP contribution in [0.25, 0.3) is 11.1 Å². The zero-order chi connectivity index (χ0) is 12.9. The van der Waals surface area contributed by atoms with Gasteiger partial charge in [0, 0.05) is 8.99 Å². The molecule has 2 aromatic rings. The van der Waals surface area contributed by atoms with Crippen LogP contribution in [0.3, 0.4) is 0 Å². The van der Waals surface area contributed by atoms with Gasteiger partial charge in [0.1, 0.15) is 7.28 Å². The van der Waals surface area contributed by atoms with Crippen molar-refractivity contribution in [3.05, 3.63) is 51.1 Å². The number of benzene rings is 2. The molecule has 0 saturated heterocycles. The first-order valence-corrected chi connectivity index (χ1v) is 7.36. The maximum absolute atomic E-state index is 2.40. The third kappa shape index (κ3) is 1.65. The summed E-state index contributed by atoms with van der Waals surface area (Å²) in [4.78, 5) is 0. The number of hydrogen-bond donors (Lipinski definition) is 0. The molecule has 0 nitrogen and oxygen atoms in total. The fourth-order valence-electron chi connectivity index (χ4n) is 2.91. The smallest absolute Gasteiger partial charge is 0.0878 e. The Hall–Kier alpha value is -0.765. The molecule has 0 amide bonds. The Bertz CT molecular complexity index is 629. The van der Waals surface area contributed by atoms with E-state index in [1.54, 1.807) is 0 Å². The Balaban J connectivity index is 2.31. The summed E-state index contributed by atoms with van der Waals surface area (Å²) in [5.41, 5.74) is 7.14. The van der Waals surface area contributed by atoms with Gasteiger partial charge in [-0.15, -0.1) is 0 Å². The van der Waals surface area contributed by atoms with E-state index in [-0.39, 0.29) is 5.41 Å². The molecule has 0 heterocycles. The van der Waals surface area contributed by atoms with Crippen LogP contribution in [-0.4, -0.2) is 7.28 Å². The van der Waals surface area contributed by atoms with Gasteiger partial charge in [0.05, 0.1) is 0 Å². The van der Waals surface area contributed by atoms with Crippen LogP contribution >= 0.6 is 22.6 Å². The summed E-state index contributed by atoms with van der Waals surface area (Å²) in [6.45, 7) is 6.75. The summed E-state index contributed by atoms with van der Waals surface area (Å²) >= 11 is 2.40. The normalized spacial score (nSPS) is 15.1. The van der Waals surface area contributed by atoms with Gasteiger partial charge in [-0.3, -0.25) is 0 Å². The van der Waals surface area contributed by atoms with E-state index < -0.39 is 0 Å². The monoisotopic (exact) mass is 345 g/mol. The lowest BCUT2D eigenvalue weighted by atomic mass is 9.71. The highest BCUT2D eigenvalue weighted by Gasteiger charge is 2.35. The number of rotatable bonds is 1. The lowest BCUT2D eigenvalue weighted by Gasteiger charge is -2.22. The maximum Gasteiger partial charge on any atom is 0.148 e. The molecule has 0 atom stereocenters. The van der Waals surface area contributed by atoms with Gasteiger partial charge in [0.15, 0.2) is 0 Å². The van der Waals surface area contributed by atoms with Gasteiger partial charge in [-0.1, -0.05) is 50.4 Å². The molecule has 0 saturated carbocycles. The number of halogens is 1. The van der Waals surface area contributed by atoms with E-state index >= 15 is 0 Å². The molecule has 0 fully saturated rings. The third-order valence-corrected chi connectivity index (χ3v) is 4.67. The molecular weight excluding hydrogens is 330 g/mol. The lowest BCUT2D eigenvalue weighted by Crippen LogP contribution is -2.19. The minimum Gasteiger partial charge on any atom is -0.0878 e. The minimum absolute atomic E-state index is 0.116. The van der Waals surface area contributed by atoms with Gasteiger partial charge in [-0.25, -0.2) is 0 Å². The van der Waals surface area contributed by atoms with E-state index in [1.165, 1.54) is 31.3 Å². The van der Waals surface area contributed by atoms with Crippen molar-refractivity contribution in [2.45, 2.75) is 26.1 Å². The highest BCUT2D eigenvalue weighted by molar-refractivity contribution is 14.1. The largest absolute Gasteiger partial charge is 0.148 e. The lowest BCUT2D eigenvalue weighted by molar-refractivity contribution is 0.660. The van der Waals surface area contributed by atoms with Crippen LogP contribution in [0, 0.1) is 3.57 Å². The summed E-state index contributed by atoms with van der Waals surface area (Å²) in [7, 11) is 2.17. The van der Waals surface area contributed by atoms with Crippen LogP contribution in [0.2, 0.25) is 6.82 Å². The third-order valence-electron chi connectivity index (χ3n) is 4.00. The first-order chi connectivity index (χ1) is 8.54. The van der Waals surface area contributed by atoms with Crippen LogP contribution < -0.4 is 5.46 Å². The van der Waals surface area contributed by atoms with Crippen molar-refractivity contribution >= 4 is 35.3 Å². The predicted octanol–water partition coefficient (Wildman–Crippen LogP) is 3.98. The van der Waals surface area contributed by atoms with Gasteiger partial charge < -0.3 is 0 Å². The summed E-state index contributed by atoms with van der Waals surface area (Å²) in [6.07, 6.45) is 0.